The number of rotatable bonds is 4. The smallest absolute Gasteiger partial charge is 0.0942 e. The van der Waals surface area contributed by atoms with Gasteiger partial charge in [-0.25, -0.2) is 0 Å². The summed E-state index contributed by atoms with van der Waals surface area (Å²) in [6.07, 6.45) is -0.729. The number of benzene rings is 1. The second-order valence-corrected chi connectivity index (χ2v) is 3.22. The highest BCUT2D eigenvalue weighted by Crippen LogP contribution is 2.18. The fourth-order valence-electron chi connectivity index (χ4n) is 0.915. The van der Waals surface area contributed by atoms with Crippen molar-refractivity contribution in [2.24, 2.45) is 0 Å². The van der Waals surface area contributed by atoms with Crippen LogP contribution in [0.5, 0.6) is 0 Å². The Morgan fingerprint density at radius 1 is 1.38 bits per heavy atom. The van der Waals surface area contributed by atoms with Crippen molar-refractivity contribution in [2.75, 3.05) is 18.5 Å². The first kappa shape index (κ1) is 10.4. The zero-order chi connectivity index (χ0) is 9.68. The number of nitrogens with one attached hydrogen (secondary N) is 1. The lowest BCUT2D eigenvalue weighted by molar-refractivity contribution is 0.105. The quantitative estimate of drug-likeness (QED) is 0.541. The Hall–Kier alpha value is -0.710. The molecule has 0 aliphatic heterocycles. The van der Waals surface area contributed by atoms with Crippen LogP contribution in [0, 0.1) is 0 Å². The van der Waals surface area contributed by atoms with Crippen molar-refractivity contribution in [1.82, 2.24) is 0 Å². The maximum atomic E-state index is 9.07. The van der Waals surface area contributed by atoms with Crippen LogP contribution in [0.1, 0.15) is 0 Å². The molecule has 0 spiro atoms. The van der Waals surface area contributed by atoms with Gasteiger partial charge in [0.05, 0.1) is 12.7 Å². The minimum atomic E-state index is -0.729. The molecule has 3 nitrogen and oxygen atoms in total. The molecule has 0 radical (unpaired) electrons. The van der Waals surface area contributed by atoms with Gasteiger partial charge in [-0.3, -0.25) is 0 Å². The molecule has 72 valence electrons. The number of hydrogen-bond donors (Lipinski definition) is 4. The maximum absolute atomic E-state index is 9.07. The van der Waals surface area contributed by atoms with Crippen LogP contribution in [-0.4, -0.2) is 29.5 Å². The highest BCUT2D eigenvalue weighted by Gasteiger charge is 2.02. The number of aliphatic hydroxyl groups is 2. The number of hydrogen-bond acceptors (Lipinski definition) is 4. The minimum absolute atomic E-state index is 0.234. The second kappa shape index (κ2) is 5.11. The standard InChI is InChI=1S/C9H13NO2S/c11-6-7(12)5-10-8-3-1-2-4-9(8)13/h1-4,7,10-13H,5-6H2. The largest absolute Gasteiger partial charge is 0.394 e. The van der Waals surface area contributed by atoms with Crippen molar-refractivity contribution >= 4 is 18.3 Å². The number of para-hydroxylation sites is 1. The van der Waals surface area contributed by atoms with E-state index in [1.807, 2.05) is 24.3 Å². The Bertz CT molecular complexity index is 268. The Kier molecular flexibility index (Phi) is 4.08. The molecule has 0 aromatic heterocycles. The highest BCUT2D eigenvalue weighted by molar-refractivity contribution is 7.80. The summed E-state index contributed by atoms with van der Waals surface area (Å²) in [7, 11) is 0. The molecule has 0 aliphatic carbocycles. The van der Waals surface area contributed by atoms with Crippen molar-refractivity contribution in [3.8, 4) is 0 Å². The molecule has 0 fully saturated rings. The van der Waals surface area contributed by atoms with E-state index in [9.17, 15) is 0 Å². The van der Waals surface area contributed by atoms with E-state index in [2.05, 4.69) is 17.9 Å². The van der Waals surface area contributed by atoms with Crippen LogP contribution in [0.3, 0.4) is 0 Å². The molecule has 3 N–H and O–H groups in total. The lowest BCUT2D eigenvalue weighted by atomic mass is 10.3. The zero-order valence-corrected chi connectivity index (χ0v) is 8.04. The van der Waals surface area contributed by atoms with E-state index in [-0.39, 0.29) is 6.61 Å². The van der Waals surface area contributed by atoms with Crippen LogP contribution >= 0.6 is 12.6 Å². The van der Waals surface area contributed by atoms with E-state index in [1.165, 1.54) is 0 Å². The molecule has 0 bridgehead atoms. The molecule has 1 aromatic rings. The Balaban J connectivity index is 2.50. The predicted molar refractivity (Wildman–Crippen MR) is 55.3 cm³/mol. The molecule has 1 unspecified atom stereocenters. The van der Waals surface area contributed by atoms with Gasteiger partial charge in [0.1, 0.15) is 0 Å². The molecule has 0 heterocycles. The van der Waals surface area contributed by atoms with Crippen LogP contribution in [0.2, 0.25) is 0 Å². The van der Waals surface area contributed by atoms with E-state index in [1.54, 1.807) is 0 Å². The fourth-order valence-corrected chi connectivity index (χ4v) is 1.16. The van der Waals surface area contributed by atoms with Gasteiger partial charge in [-0.05, 0) is 12.1 Å². The summed E-state index contributed by atoms with van der Waals surface area (Å²) in [5.74, 6) is 0. The summed E-state index contributed by atoms with van der Waals surface area (Å²) in [6, 6.07) is 7.49. The average molecular weight is 199 g/mol. The zero-order valence-electron chi connectivity index (χ0n) is 7.14. The van der Waals surface area contributed by atoms with Gasteiger partial charge in [0.2, 0.25) is 0 Å². The average Bonchev–Trinajstić information content (AvgIpc) is 2.16. The van der Waals surface area contributed by atoms with Gasteiger partial charge in [-0.1, -0.05) is 12.1 Å². The molecule has 0 aliphatic rings. The molecule has 13 heavy (non-hydrogen) atoms. The SMILES string of the molecule is OCC(O)CNc1ccccc1S. The second-order valence-electron chi connectivity index (χ2n) is 2.73. The molecule has 0 amide bonds. The van der Waals surface area contributed by atoms with Crippen molar-refractivity contribution < 1.29 is 10.2 Å². The minimum Gasteiger partial charge on any atom is -0.394 e. The highest BCUT2D eigenvalue weighted by atomic mass is 32.1. The van der Waals surface area contributed by atoms with Gasteiger partial charge < -0.3 is 15.5 Å². The van der Waals surface area contributed by atoms with Gasteiger partial charge in [0, 0.05) is 17.1 Å². The fraction of sp³-hybridized carbons (Fsp3) is 0.333. The van der Waals surface area contributed by atoms with E-state index in [0.29, 0.717) is 6.54 Å². The predicted octanol–water partition coefficient (Wildman–Crippen LogP) is 0.740. The van der Waals surface area contributed by atoms with Crippen molar-refractivity contribution in [1.29, 1.82) is 0 Å². The lowest BCUT2D eigenvalue weighted by Gasteiger charge is -2.11. The van der Waals surface area contributed by atoms with Gasteiger partial charge in [-0.15, -0.1) is 12.6 Å². The Labute approximate surface area is 82.8 Å². The molecule has 1 atom stereocenters. The summed E-state index contributed by atoms with van der Waals surface area (Å²) in [6.45, 7) is 0.0931. The van der Waals surface area contributed by atoms with Gasteiger partial charge in [0.25, 0.3) is 0 Å². The molecule has 1 rings (SSSR count). The first-order valence-corrected chi connectivity index (χ1v) is 4.49. The first-order valence-electron chi connectivity index (χ1n) is 4.05. The first-order chi connectivity index (χ1) is 6.24. The van der Waals surface area contributed by atoms with Crippen LogP contribution in [0.25, 0.3) is 0 Å². The van der Waals surface area contributed by atoms with E-state index >= 15 is 0 Å². The molecule has 0 saturated carbocycles. The lowest BCUT2D eigenvalue weighted by Crippen LogP contribution is -2.23. The molecule has 4 heteroatoms. The van der Waals surface area contributed by atoms with Gasteiger partial charge in [-0.2, -0.15) is 0 Å². The van der Waals surface area contributed by atoms with Crippen LogP contribution in [0.15, 0.2) is 29.2 Å². The Morgan fingerprint density at radius 2 is 2.08 bits per heavy atom. The summed E-state index contributed by atoms with van der Waals surface area (Å²) in [4.78, 5) is 0.827. The van der Waals surface area contributed by atoms with Crippen molar-refractivity contribution in [3.05, 3.63) is 24.3 Å². The third-order valence-corrected chi connectivity index (χ3v) is 2.03. The molecular weight excluding hydrogens is 186 g/mol. The van der Waals surface area contributed by atoms with E-state index in [0.717, 1.165) is 10.6 Å². The summed E-state index contributed by atoms with van der Waals surface area (Å²) in [5, 5.41) is 20.6. The third kappa shape index (κ3) is 3.26. The summed E-state index contributed by atoms with van der Waals surface area (Å²) >= 11 is 4.22. The summed E-state index contributed by atoms with van der Waals surface area (Å²) < 4.78 is 0. The van der Waals surface area contributed by atoms with Crippen molar-refractivity contribution in [2.45, 2.75) is 11.0 Å². The van der Waals surface area contributed by atoms with Gasteiger partial charge in [0.15, 0.2) is 0 Å². The van der Waals surface area contributed by atoms with Crippen LogP contribution in [0.4, 0.5) is 5.69 Å². The van der Waals surface area contributed by atoms with Crippen LogP contribution < -0.4 is 5.32 Å². The molecule has 1 aromatic carbocycles. The molecule has 0 saturated heterocycles. The van der Waals surface area contributed by atoms with E-state index < -0.39 is 6.10 Å². The monoisotopic (exact) mass is 199 g/mol. The van der Waals surface area contributed by atoms with Crippen LogP contribution in [-0.2, 0) is 0 Å². The van der Waals surface area contributed by atoms with Gasteiger partial charge >= 0.3 is 0 Å². The summed E-state index contributed by atoms with van der Waals surface area (Å²) in [5.41, 5.74) is 0.860. The number of thiol groups is 1. The van der Waals surface area contributed by atoms with Crippen molar-refractivity contribution in [3.63, 3.8) is 0 Å². The number of anilines is 1. The van der Waals surface area contributed by atoms with E-state index in [4.69, 9.17) is 10.2 Å². The third-order valence-electron chi connectivity index (χ3n) is 1.64. The number of aliphatic hydroxyl groups excluding tert-OH is 2. The Morgan fingerprint density at radius 3 is 2.69 bits per heavy atom. The maximum Gasteiger partial charge on any atom is 0.0942 e. The molecular formula is C9H13NO2S. The topological polar surface area (TPSA) is 52.5 Å². The normalized spacial score (nSPS) is 12.5.